The van der Waals surface area contributed by atoms with Crippen molar-refractivity contribution in [1.82, 2.24) is 9.62 Å². The van der Waals surface area contributed by atoms with Crippen molar-refractivity contribution >= 4 is 34.4 Å². The normalized spacial score (nSPS) is 9.94. The largest absolute Gasteiger partial charge is 0.357 e. The highest BCUT2D eigenvalue weighted by molar-refractivity contribution is 8.22. The number of benzene rings is 1. The number of carbonyl (C=O) groups is 1. The van der Waals surface area contributed by atoms with E-state index in [9.17, 15) is 4.79 Å². The van der Waals surface area contributed by atoms with Gasteiger partial charge in [-0.25, -0.2) is 0 Å². The second-order valence-electron chi connectivity index (χ2n) is 3.84. The molecule has 18 heavy (non-hydrogen) atoms. The molecule has 1 N–H and O–H groups in total. The van der Waals surface area contributed by atoms with Crippen LogP contribution in [0.1, 0.15) is 29.8 Å². The fraction of sp³-hybridized carbons (Fsp3) is 0.385. The molecule has 0 saturated heterocycles. The quantitative estimate of drug-likeness (QED) is 0.682. The zero-order valence-electron chi connectivity index (χ0n) is 10.9. The Balaban J connectivity index is 2.51. The van der Waals surface area contributed by atoms with Crippen LogP contribution in [-0.4, -0.2) is 28.2 Å². The first-order chi connectivity index (χ1) is 8.58. The first-order valence-electron chi connectivity index (χ1n) is 5.91. The number of nitrogens with one attached hydrogen (secondary N) is 1. The molecule has 0 aliphatic carbocycles. The average molecular weight is 282 g/mol. The summed E-state index contributed by atoms with van der Waals surface area (Å²) < 4.78 is 3.46. The third kappa shape index (κ3) is 4.31. The van der Waals surface area contributed by atoms with E-state index in [0.717, 1.165) is 18.7 Å². The minimum Gasteiger partial charge on any atom is -0.357 e. The first-order valence-corrected chi connectivity index (χ1v) is 7.13. The van der Waals surface area contributed by atoms with E-state index < -0.39 is 0 Å². The van der Waals surface area contributed by atoms with Gasteiger partial charge in [0.2, 0.25) is 0 Å². The third-order valence-electron chi connectivity index (χ3n) is 2.57. The molecule has 0 aromatic heterocycles. The van der Waals surface area contributed by atoms with Crippen molar-refractivity contribution < 1.29 is 4.79 Å². The van der Waals surface area contributed by atoms with Gasteiger partial charge in [-0.15, -0.1) is 0 Å². The summed E-state index contributed by atoms with van der Waals surface area (Å²) in [7, 11) is 0. The lowest BCUT2D eigenvalue weighted by atomic mass is 10.1. The van der Waals surface area contributed by atoms with Gasteiger partial charge >= 0.3 is 0 Å². The number of nitrogens with zero attached hydrogens (tertiary/aromatic N) is 1. The second-order valence-corrected chi connectivity index (χ2v) is 5.28. The van der Waals surface area contributed by atoms with Crippen LogP contribution in [0, 0.1) is 6.92 Å². The van der Waals surface area contributed by atoms with Gasteiger partial charge in [-0.2, -0.15) is 0 Å². The lowest BCUT2D eigenvalue weighted by Crippen LogP contribution is -2.30. The molecule has 3 nitrogen and oxygen atoms in total. The van der Waals surface area contributed by atoms with Gasteiger partial charge in [0.1, 0.15) is 0 Å². The molecule has 0 aliphatic rings. The van der Waals surface area contributed by atoms with Crippen LogP contribution in [0.5, 0.6) is 0 Å². The lowest BCUT2D eigenvalue weighted by molar-refractivity contribution is 0.0984. The molecule has 0 saturated carbocycles. The maximum Gasteiger partial charge on any atom is 0.261 e. The SMILES string of the molecule is CCN(CC)C(=S)SNC(=O)c1ccc(C)cc1. The molecule has 0 radical (unpaired) electrons. The minimum absolute atomic E-state index is 0.116. The molecule has 1 amide bonds. The van der Waals surface area contributed by atoms with Crippen LogP contribution in [0.3, 0.4) is 0 Å². The monoisotopic (exact) mass is 282 g/mol. The van der Waals surface area contributed by atoms with Crippen LogP contribution in [0.15, 0.2) is 24.3 Å². The molecule has 1 aromatic rings. The van der Waals surface area contributed by atoms with Crippen molar-refractivity contribution in [3.63, 3.8) is 0 Å². The number of carbonyl (C=O) groups excluding carboxylic acids is 1. The van der Waals surface area contributed by atoms with Gasteiger partial charge in [0.15, 0.2) is 4.32 Å². The highest BCUT2D eigenvalue weighted by Crippen LogP contribution is 2.08. The molecule has 0 atom stereocenters. The molecule has 0 fully saturated rings. The van der Waals surface area contributed by atoms with E-state index in [1.807, 2.05) is 49.9 Å². The molecule has 0 spiro atoms. The van der Waals surface area contributed by atoms with Gasteiger partial charge in [0.05, 0.1) is 0 Å². The Morgan fingerprint density at radius 2 is 1.83 bits per heavy atom. The van der Waals surface area contributed by atoms with E-state index in [4.69, 9.17) is 12.2 Å². The van der Waals surface area contributed by atoms with Gasteiger partial charge in [-0.05, 0) is 32.9 Å². The van der Waals surface area contributed by atoms with Crippen LogP contribution in [0.25, 0.3) is 0 Å². The Labute approximate surface area is 118 Å². The predicted octanol–water partition coefficient (Wildman–Crippen LogP) is 3.00. The number of hydrogen-bond donors (Lipinski definition) is 1. The van der Waals surface area contributed by atoms with Gasteiger partial charge in [-0.3, -0.25) is 9.52 Å². The van der Waals surface area contributed by atoms with Crippen molar-refractivity contribution in [3.05, 3.63) is 35.4 Å². The van der Waals surface area contributed by atoms with E-state index in [-0.39, 0.29) is 5.91 Å². The number of rotatable bonds is 3. The molecule has 0 heterocycles. The van der Waals surface area contributed by atoms with Gasteiger partial charge in [0, 0.05) is 30.6 Å². The number of hydrogen-bond acceptors (Lipinski definition) is 3. The molecule has 0 aliphatic heterocycles. The van der Waals surface area contributed by atoms with E-state index in [0.29, 0.717) is 9.88 Å². The second kappa shape index (κ2) is 7.38. The topological polar surface area (TPSA) is 32.3 Å². The van der Waals surface area contributed by atoms with E-state index in [2.05, 4.69) is 4.72 Å². The molecule has 0 bridgehead atoms. The summed E-state index contributed by atoms with van der Waals surface area (Å²) in [6.45, 7) is 7.77. The summed E-state index contributed by atoms with van der Waals surface area (Å²) in [5.41, 5.74) is 1.79. The summed E-state index contributed by atoms with van der Waals surface area (Å²) in [5.74, 6) is -0.116. The fourth-order valence-electron chi connectivity index (χ4n) is 1.40. The summed E-state index contributed by atoms with van der Waals surface area (Å²) in [5, 5.41) is 0. The Morgan fingerprint density at radius 1 is 1.28 bits per heavy atom. The Morgan fingerprint density at radius 3 is 2.33 bits per heavy atom. The number of amides is 1. The van der Waals surface area contributed by atoms with Crippen molar-refractivity contribution in [2.45, 2.75) is 20.8 Å². The molecule has 98 valence electrons. The Bertz CT molecular complexity index is 414. The molecule has 1 aromatic carbocycles. The van der Waals surface area contributed by atoms with Crippen LogP contribution in [0.4, 0.5) is 0 Å². The predicted molar refractivity (Wildman–Crippen MR) is 81.8 cm³/mol. The fourth-order valence-corrected chi connectivity index (χ4v) is 2.47. The maximum absolute atomic E-state index is 11.8. The molecule has 1 rings (SSSR count). The minimum atomic E-state index is -0.116. The first kappa shape index (κ1) is 15.0. The summed E-state index contributed by atoms with van der Waals surface area (Å²) in [6.07, 6.45) is 0. The standard InChI is InChI=1S/C13H18N2OS2/c1-4-15(5-2)13(17)18-14-12(16)11-8-6-10(3)7-9-11/h6-9H,4-5H2,1-3H3,(H,14,16). The highest BCUT2D eigenvalue weighted by Gasteiger charge is 2.09. The molecular weight excluding hydrogens is 264 g/mol. The average Bonchev–Trinajstić information content (AvgIpc) is 2.38. The summed E-state index contributed by atoms with van der Waals surface area (Å²) in [6, 6.07) is 7.46. The van der Waals surface area contributed by atoms with Crippen molar-refractivity contribution in [3.8, 4) is 0 Å². The zero-order chi connectivity index (χ0) is 13.5. The molecule has 0 unspecified atom stereocenters. The van der Waals surface area contributed by atoms with E-state index in [1.54, 1.807) is 0 Å². The molecule has 5 heteroatoms. The maximum atomic E-state index is 11.8. The van der Waals surface area contributed by atoms with Crippen molar-refractivity contribution in [2.75, 3.05) is 13.1 Å². The van der Waals surface area contributed by atoms with E-state index in [1.165, 1.54) is 11.9 Å². The number of thiocarbonyl (C=S) groups is 1. The lowest BCUT2D eigenvalue weighted by Gasteiger charge is -2.20. The highest BCUT2D eigenvalue weighted by atomic mass is 32.2. The van der Waals surface area contributed by atoms with Crippen LogP contribution in [-0.2, 0) is 0 Å². The number of aryl methyl sites for hydroxylation is 1. The van der Waals surface area contributed by atoms with Gasteiger partial charge < -0.3 is 4.90 Å². The van der Waals surface area contributed by atoms with Gasteiger partial charge in [-0.1, -0.05) is 29.9 Å². The van der Waals surface area contributed by atoms with Crippen LogP contribution in [0.2, 0.25) is 0 Å². The Kier molecular flexibility index (Phi) is 6.15. The third-order valence-corrected chi connectivity index (χ3v) is 3.79. The summed E-state index contributed by atoms with van der Waals surface area (Å²) in [4.78, 5) is 13.9. The van der Waals surface area contributed by atoms with Crippen molar-refractivity contribution in [1.29, 1.82) is 0 Å². The zero-order valence-corrected chi connectivity index (χ0v) is 12.5. The van der Waals surface area contributed by atoms with E-state index >= 15 is 0 Å². The van der Waals surface area contributed by atoms with Crippen LogP contribution >= 0.6 is 24.2 Å². The Hall–Kier alpha value is -1.07. The van der Waals surface area contributed by atoms with Crippen molar-refractivity contribution in [2.24, 2.45) is 0 Å². The van der Waals surface area contributed by atoms with Crippen LogP contribution < -0.4 is 4.72 Å². The molecular formula is C13H18N2OS2. The smallest absolute Gasteiger partial charge is 0.261 e. The van der Waals surface area contributed by atoms with Gasteiger partial charge in [0.25, 0.3) is 5.91 Å². The summed E-state index contributed by atoms with van der Waals surface area (Å²) >= 11 is 6.44.